The van der Waals surface area contributed by atoms with Crippen LogP contribution in [0.15, 0.2) is 60.6 Å². The molecule has 0 aromatic heterocycles. The molecule has 0 fully saturated rings. The molecule has 0 atom stereocenters. The summed E-state index contributed by atoms with van der Waals surface area (Å²) >= 11 is 0. The minimum Gasteiger partial charge on any atom is -0.349 e. The van der Waals surface area contributed by atoms with Crippen molar-refractivity contribution in [3.05, 3.63) is 60.6 Å². The van der Waals surface area contributed by atoms with Gasteiger partial charge in [0.1, 0.15) is 0 Å². The maximum Gasteiger partial charge on any atom is 0.0334 e. The molecule has 94 valence electrons. The highest BCUT2D eigenvalue weighted by Gasteiger charge is 2.05. The van der Waals surface area contributed by atoms with Gasteiger partial charge < -0.3 is 4.90 Å². The molecular weight excluding hydrogens is 212 g/mol. The third-order valence-electron chi connectivity index (χ3n) is 2.69. The molecule has 0 saturated heterocycles. The first-order valence-electron chi connectivity index (χ1n) is 5.33. The van der Waals surface area contributed by atoms with Gasteiger partial charge >= 0.3 is 0 Å². The van der Waals surface area contributed by atoms with Crippen molar-refractivity contribution in [2.24, 2.45) is 0 Å². The Morgan fingerprint density at radius 2 is 1.71 bits per heavy atom. The topological polar surface area (TPSA) is 26.7 Å². The van der Waals surface area contributed by atoms with Crippen molar-refractivity contribution in [1.82, 2.24) is 9.96 Å². The second-order valence-corrected chi connectivity index (χ2v) is 3.88. The summed E-state index contributed by atoms with van der Waals surface area (Å²) in [5, 5.41) is 9.99. The van der Waals surface area contributed by atoms with Crippen LogP contribution in [0.4, 0.5) is 0 Å². The first kappa shape index (κ1) is 15.3. The molecule has 1 N–H and O–H groups in total. The quantitative estimate of drug-likeness (QED) is 0.564. The molecule has 0 unspecified atom stereocenters. The van der Waals surface area contributed by atoms with Gasteiger partial charge in [0, 0.05) is 31.7 Å². The Kier molecular flexibility index (Phi) is 6.07. The minimum absolute atomic E-state index is 0.831. The number of likely N-dealkylation sites (N-methyl/N-ethyl adjacent to an activating group) is 1. The largest absolute Gasteiger partial charge is 0.349 e. The van der Waals surface area contributed by atoms with Crippen LogP contribution in [0.3, 0.4) is 0 Å². The zero-order valence-electron chi connectivity index (χ0n) is 11.2. The third-order valence-corrected chi connectivity index (χ3v) is 2.69. The van der Waals surface area contributed by atoms with Crippen LogP contribution in [0.2, 0.25) is 0 Å². The predicted octanol–water partition coefficient (Wildman–Crippen LogP) is 3.30. The van der Waals surface area contributed by atoms with Crippen molar-refractivity contribution in [3.63, 3.8) is 0 Å². The van der Waals surface area contributed by atoms with Crippen molar-refractivity contribution < 1.29 is 5.21 Å². The summed E-state index contributed by atoms with van der Waals surface area (Å²) in [5.41, 5.74) is 3.75. The highest BCUT2D eigenvalue weighted by Crippen LogP contribution is 2.19. The Bertz CT molecular complexity index is 376. The highest BCUT2D eigenvalue weighted by molar-refractivity contribution is 5.39. The van der Waals surface area contributed by atoms with Crippen LogP contribution in [-0.4, -0.2) is 29.3 Å². The van der Waals surface area contributed by atoms with Gasteiger partial charge in [-0.2, -0.15) is 0 Å². The van der Waals surface area contributed by atoms with Crippen molar-refractivity contribution in [2.75, 3.05) is 14.1 Å². The molecule has 0 spiro atoms. The predicted molar refractivity (Wildman–Crippen MR) is 73.3 cm³/mol. The zero-order chi connectivity index (χ0) is 13.6. The molecule has 0 saturated carbocycles. The molecule has 0 radical (unpaired) electrons. The Morgan fingerprint density at radius 1 is 1.18 bits per heavy atom. The van der Waals surface area contributed by atoms with Gasteiger partial charge in [0.25, 0.3) is 0 Å². The smallest absolute Gasteiger partial charge is 0.0334 e. The Balaban J connectivity index is 4.98. The van der Waals surface area contributed by atoms with E-state index in [9.17, 15) is 0 Å². The molecule has 0 rings (SSSR count). The van der Waals surface area contributed by atoms with Crippen molar-refractivity contribution >= 4 is 0 Å². The lowest BCUT2D eigenvalue weighted by Gasteiger charge is -2.22. The first-order chi connectivity index (χ1) is 7.81. The fourth-order valence-electron chi connectivity index (χ4n) is 1.16. The Labute approximate surface area is 104 Å². The SMILES string of the molecule is C=CC(=C)N(C)/C(C)=C(\C)C(=C)/C=C\N(C)O. The minimum atomic E-state index is 0.831. The lowest BCUT2D eigenvalue weighted by molar-refractivity contribution is -0.0128. The van der Waals surface area contributed by atoms with E-state index < -0.39 is 0 Å². The van der Waals surface area contributed by atoms with Gasteiger partial charge in [-0.3, -0.25) is 10.3 Å². The maximum absolute atomic E-state index is 9.01. The van der Waals surface area contributed by atoms with E-state index in [2.05, 4.69) is 19.7 Å². The van der Waals surface area contributed by atoms with Crippen LogP contribution in [0.5, 0.6) is 0 Å². The fraction of sp³-hybridized carbons (Fsp3) is 0.286. The van der Waals surface area contributed by atoms with Gasteiger partial charge in [-0.05, 0) is 37.1 Å². The highest BCUT2D eigenvalue weighted by atomic mass is 16.5. The first-order valence-corrected chi connectivity index (χ1v) is 5.33. The molecule has 0 aromatic rings. The van der Waals surface area contributed by atoms with E-state index in [1.54, 1.807) is 25.4 Å². The second kappa shape index (κ2) is 6.76. The lowest BCUT2D eigenvalue weighted by Crippen LogP contribution is -2.14. The van der Waals surface area contributed by atoms with E-state index in [-0.39, 0.29) is 0 Å². The summed E-state index contributed by atoms with van der Waals surface area (Å²) in [7, 11) is 3.47. The number of hydrogen-bond acceptors (Lipinski definition) is 3. The van der Waals surface area contributed by atoms with Crippen molar-refractivity contribution in [1.29, 1.82) is 0 Å². The summed E-state index contributed by atoms with van der Waals surface area (Å²) in [6, 6.07) is 0. The van der Waals surface area contributed by atoms with Gasteiger partial charge in [-0.15, -0.1) is 0 Å². The van der Waals surface area contributed by atoms with Crippen LogP contribution in [0.1, 0.15) is 13.8 Å². The van der Waals surface area contributed by atoms with E-state index in [1.807, 2.05) is 25.8 Å². The molecule has 0 aliphatic rings. The molecule has 3 heteroatoms. The van der Waals surface area contributed by atoms with E-state index in [0.717, 1.165) is 27.6 Å². The molecule has 0 amide bonds. The third kappa shape index (κ3) is 4.74. The Morgan fingerprint density at radius 3 is 2.12 bits per heavy atom. The molecule has 0 aromatic carbocycles. The van der Waals surface area contributed by atoms with Gasteiger partial charge in [0.15, 0.2) is 0 Å². The van der Waals surface area contributed by atoms with E-state index in [1.165, 1.54) is 0 Å². The van der Waals surface area contributed by atoms with Crippen LogP contribution >= 0.6 is 0 Å². The van der Waals surface area contributed by atoms with Crippen molar-refractivity contribution in [3.8, 4) is 0 Å². The number of allylic oxidation sites excluding steroid dienone is 5. The van der Waals surface area contributed by atoms with Crippen LogP contribution in [-0.2, 0) is 0 Å². The molecule has 3 nitrogen and oxygen atoms in total. The monoisotopic (exact) mass is 234 g/mol. The normalized spacial score (nSPS) is 12.1. The summed E-state index contributed by atoms with van der Waals surface area (Å²) < 4.78 is 0. The fourth-order valence-corrected chi connectivity index (χ4v) is 1.16. The molecule has 0 aliphatic carbocycles. The standard InChI is InChI=1S/C14H22N2O/c1-8-12(3)16(7)14(5)13(4)11(2)9-10-15(6)17/h8-10,17H,1-3H2,4-7H3/b10-9-,14-13+. The van der Waals surface area contributed by atoms with Crippen LogP contribution in [0.25, 0.3) is 0 Å². The summed E-state index contributed by atoms with van der Waals surface area (Å²) in [6.45, 7) is 15.5. The van der Waals surface area contributed by atoms with Gasteiger partial charge in [0.2, 0.25) is 0 Å². The van der Waals surface area contributed by atoms with E-state index in [4.69, 9.17) is 5.21 Å². The van der Waals surface area contributed by atoms with E-state index in [0.29, 0.717) is 0 Å². The molecule has 0 bridgehead atoms. The molecule has 17 heavy (non-hydrogen) atoms. The number of hydroxylamine groups is 2. The molecule has 0 aliphatic heterocycles. The summed E-state index contributed by atoms with van der Waals surface area (Å²) in [4.78, 5) is 1.95. The maximum atomic E-state index is 9.01. The summed E-state index contributed by atoms with van der Waals surface area (Å²) in [5.74, 6) is 0. The lowest BCUT2D eigenvalue weighted by atomic mass is 10.1. The van der Waals surface area contributed by atoms with Crippen LogP contribution in [0, 0.1) is 0 Å². The second-order valence-electron chi connectivity index (χ2n) is 3.88. The summed E-state index contributed by atoms with van der Waals surface area (Å²) in [6.07, 6.45) is 5.00. The van der Waals surface area contributed by atoms with Crippen LogP contribution < -0.4 is 0 Å². The van der Waals surface area contributed by atoms with Crippen molar-refractivity contribution in [2.45, 2.75) is 13.8 Å². The number of hydrogen-bond donors (Lipinski definition) is 1. The van der Waals surface area contributed by atoms with Gasteiger partial charge in [-0.25, -0.2) is 0 Å². The number of nitrogens with zero attached hydrogens (tertiary/aromatic N) is 2. The average Bonchev–Trinajstić information content (AvgIpc) is 2.31. The Hall–Kier alpha value is -1.74. The zero-order valence-corrected chi connectivity index (χ0v) is 11.2. The van der Waals surface area contributed by atoms with E-state index >= 15 is 0 Å². The number of rotatable bonds is 6. The molecule has 0 heterocycles. The van der Waals surface area contributed by atoms with Gasteiger partial charge in [-0.1, -0.05) is 19.7 Å². The average molecular weight is 234 g/mol. The van der Waals surface area contributed by atoms with Gasteiger partial charge in [0.05, 0.1) is 0 Å². The molecular formula is C14H22N2O.